The monoisotopic (exact) mass is 206 g/mol. The Labute approximate surface area is 93.6 Å². The molecule has 84 valence electrons. The van der Waals surface area contributed by atoms with E-state index < -0.39 is 0 Å². The average molecular weight is 206 g/mol. The van der Waals surface area contributed by atoms with Gasteiger partial charge in [0.2, 0.25) is 0 Å². The van der Waals surface area contributed by atoms with Crippen molar-refractivity contribution in [2.75, 3.05) is 0 Å². The summed E-state index contributed by atoms with van der Waals surface area (Å²) in [5, 5.41) is 0. The van der Waals surface area contributed by atoms with Crippen molar-refractivity contribution in [2.24, 2.45) is 5.41 Å². The molecule has 0 aromatic carbocycles. The Morgan fingerprint density at radius 2 is 1.67 bits per heavy atom. The van der Waals surface area contributed by atoms with Gasteiger partial charge in [-0.25, -0.2) is 0 Å². The van der Waals surface area contributed by atoms with Gasteiger partial charge >= 0.3 is 0 Å². The van der Waals surface area contributed by atoms with Crippen LogP contribution in [0, 0.1) is 5.41 Å². The van der Waals surface area contributed by atoms with Gasteiger partial charge in [0.05, 0.1) is 0 Å². The molecule has 0 amide bonds. The van der Waals surface area contributed by atoms with E-state index >= 15 is 0 Å². The van der Waals surface area contributed by atoms with E-state index in [0.717, 1.165) is 12.8 Å². The van der Waals surface area contributed by atoms with Gasteiger partial charge in [0.25, 0.3) is 0 Å². The lowest BCUT2D eigenvalue weighted by Gasteiger charge is -2.10. The molecule has 15 heavy (non-hydrogen) atoms. The summed E-state index contributed by atoms with van der Waals surface area (Å²) in [5.41, 5.74) is 0.276. The Morgan fingerprint density at radius 1 is 1.07 bits per heavy atom. The van der Waals surface area contributed by atoms with E-state index in [0.29, 0.717) is 0 Å². The number of ketones is 1. The van der Waals surface area contributed by atoms with Crippen LogP contribution in [-0.2, 0) is 4.79 Å². The number of hydrogen-bond acceptors (Lipinski definition) is 1. The normalized spacial score (nSPS) is 13.3. The molecule has 1 heteroatoms. The molecule has 0 heterocycles. The third kappa shape index (κ3) is 12.9. The maximum absolute atomic E-state index is 10.6. The van der Waals surface area contributed by atoms with Crippen LogP contribution in [0.3, 0.4) is 0 Å². The van der Waals surface area contributed by atoms with Crippen molar-refractivity contribution in [3.8, 4) is 0 Å². The molecule has 0 spiro atoms. The van der Waals surface area contributed by atoms with Crippen molar-refractivity contribution >= 4 is 5.78 Å². The van der Waals surface area contributed by atoms with Crippen LogP contribution in [-0.4, -0.2) is 5.78 Å². The Bertz CT molecular complexity index is 262. The molecule has 0 aliphatic heterocycles. The largest absolute Gasteiger partial charge is 0.295 e. The summed E-state index contributed by atoms with van der Waals surface area (Å²) in [7, 11) is 0. The lowest BCUT2D eigenvalue weighted by molar-refractivity contribution is -0.112. The maximum atomic E-state index is 10.6. The molecule has 0 fully saturated rings. The molecule has 0 aromatic heterocycles. The number of hydrogen-bond donors (Lipinski definition) is 0. The minimum Gasteiger partial charge on any atom is -0.295 e. The molecule has 0 atom stereocenters. The van der Waals surface area contributed by atoms with E-state index in [1.807, 2.05) is 6.08 Å². The number of carbonyl (C=O) groups excluding carboxylic acids is 1. The summed E-state index contributed by atoms with van der Waals surface area (Å²) in [5.74, 6) is 0.0901. The first-order valence-electron chi connectivity index (χ1n) is 5.43. The molecular weight excluding hydrogens is 184 g/mol. The maximum Gasteiger partial charge on any atom is 0.152 e. The number of rotatable bonds is 5. The van der Waals surface area contributed by atoms with Gasteiger partial charge < -0.3 is 0 Å². The van der Waals surface area contributed by atoms with E-state index in [1.165, 1.54) is 0 Å². The second-order valence-electron chi connectivity index (χ2n) is 4.74. The van der Waals surface area contributed by atoms with Crippen LogP contribution in [0.5, 0.6) is 0 Å². The summed E-state index contributed by atoms with van der Waals surface area (Å²) in [4.78, 5) is 10.6. The topological polar surface area (TPSA) is 17.1 Å². The van der Waals surface area contributed by atoms with Crippen LogP contribution in [0.25, 0.3) is 0 Å². The van der Waals surface area contributed by atoms with Crippen LogP contribution in [0.1, 0.15) is 40.5 Å². The standard InChI is InChI=1S/C14H22O/c1-13(15)11-9-7-5-6-8-10-12-14(2,3)4/h5,7,9-12H,6,8H2,1-4H3/b7-5+,11-9+,12-10+. The molecule has 0 bridgehead atoms. The SMILES string of the molecule is CC(=O)/C=C/C=C/CC/C=C/C(C)(C)C. The van der Waals surface area contributed by atoms with E-state index in [-0.39, 0.29) is 11.2 Å². The second kappa shape index (κ2) is 7.22. The number of unbranched alkanes of at least 4 members (excludes halogenated alkanes) is 1. The molecule has 0 unspecified atom stereocenters. The highest BCUT2D eigenvalue weighted by atomic mass is 16.1. The average Bonchev–Trinajstić information content (AvgIpc) is 2.07. The van der Waals surface area contributed by atoms with E-state index in [9.17, 15) is 4.79 Å². The Hall–Kier alpha value is -1.11. The first-order chi connectivity index (χ1) is 6.92. The number of allylic oxidation sites excluding steroid dienone is 6. The van der Waals surface area contributed by atoms with E-state index in [1.54, 1.807) is 19.1 Å². The number of carbonyl (C=O) groups is 1. The van der Waals surface area contributed by atoms with Crippen LogP contribution >= 0.6 is 0 Å². The predicted molar refractivity (Wildman–Crippen MR) is 66.8 cm³/mol. The van der Waals surface area contributed by atoms with Gasteiger partial charge in [0.1, 0.15) is 0 Å². The molecule has 1 nitrogen and oxygen atoms in total. The molecule has 0 radical (unpaired) electrons. The van der Waals surface area contributed by atoms with Crippen molar-refractivity contribution in [3.05, 3.63) is 36.5 Å². The highest BCUT2D eigenvalue weighted by molar-refractivity contribution is 5.87. The molecule has 0 rings (SSSR count). The quantitative estimate of drug-likeness (QED) is 0.287. The highest BCUT2D eigenvalue weighted by Crippen LogP contribution is 2.15. The van der Waals surface area contributed by atoms with Gasteiger partial charge in [0.15, 0.2) is 5.78 Å². The third-order valence-electron chi connectivity index (χ3n) is 1.70. The smallest absolute Gasteiger partial charge is 0.152 e. The zero-order valence-corrected chi connectivity index (χ0v) is 10.3. The van der Waals surface area contributed by atoms with E-state index in [2.05, 4.69) is 39.0 Å². The van der Waals surface area contributed by atoms with E-state index in [4.69, 9.17) is 0 Å². The van der Waals surface area contributed by atoms with Crippen molar-refractivity contribution < 1.29 is 4.79 Å². The van der Waals surface area contributed by atoms with Crippen LogP contribution < -0.4 is 0 Å². The van der Waals surface area contributed by atoms with Gasteiger partial charge in [-0.2, -0.15) is 0 Å². The fourth-order valence-corrected chi connectivity index (χ4v) is 0.995. The third-order valence-corrected chi connectivity index (χ3v) is 1.70. The Balaban J connectivity index is 3.63. The molecule has 0 saturated carbocycles. The summed E-state index contributed by atoms with van der Waals surface area (Å²) < 4.78 is 0. The molecule has 0 N–H and O–H groups in total. The Morgan fingerprint density at radius 3 is 2.20 bits per heavy atom. The van der Waals surface area contributed by atoms with Gasteiger partial charge in [-0.3, -0.25) is 4.79 Å². The zero-order valence-electron chi connectivity index (χ0n) is 10.3. The summed E-state index contributed by atoms with van der Waals surface area (Å²) >= 11 is 0. The van der Waals surface area contributed by atoms with Crippen molar-refractivity contribution in [1.29, 1.82) is 0 Å². The molecular formula is C14H22O. The fraction of sp³-hybridized carbons (Fsp3) is 0.500. The Kier molecular flexibility index (Phi) is 6.68. The lowest BCUT2D eigenvalue weighted by Crippen LogP contribution is -1.97. The summed E-state index contributed by atoms with van der Waals surface area (Å²) in [6, 6.07) is 0. The highest BCUT2D eigenvalue weighted by Gasteiger charge is 2.01. The minimum absolute atomic E-state index is 0.0901. The van der Waals surface area contributed by atoms with Gasteiger partial charge in [-0.1, -0.05) is 51.2 Å². The molecule has 0 saturated heterocycles. The molecule has 0 aliphatic rings. The van der Waals surface area contributed by atoms with Gasteiger partial charge in [0, 0.05) is 0 Å². The lowest BCUT2D eigenvalue weighted by atomic mass is 9.96. The first kappa shape index (κ1) is 13.9. The van der Waals surface area contributed by atoms with Gasteiger partial charge in [-0.15, -0.1) is 0 Å². The van der Waals surface area contributed by atoms with Gasteiger partial charge in [-0.05, 0) is 31.3 Å². The van der Waals surface area contributed by atoms with Crippen molar-refractivity contribution in [3.63, 3.8) is 0 Å². The summed E-state index contributed by atoms with van der Waals surface area (Å²) in [6.45, 7) is 8.12. The zero-order chi connectivity index (χ0) is 11.7. The molecule has 0 aromatic rings. The summed E-state index contributed by atoms with van der Waals surface area (Å²) in [6.07, 6.45) is 13.9. The van der Waals surface area contributed by atoms with Crippen LogP contribution in [0.2, 0.25) is 0 Å². The first-order valence-corrected chi connectivity index (χ1v) is 5.43. The molecule has 0 aliphatic carbocycles. The fourth-order valence-electron chi connectivity index (χ4n) is 0.995. The van der Waals surface area contributed by atoms with Crippen molar-refractivity contribution in [2.45, 2.75) is 40.5 Å². The van der Waals surface area contributed by atoms with Crippen LogP contribution in [0.4, 0.5) is 0 Å². The van der Waals surface area contributed by atoms with Crippen molar-refractivity contribution in [1.82, 2.24) is 0 Å². The van der Waals surface area contributed by atoms with Crippen LogP contribution in [0.15, 0.2) is 36.5 Å². The second-order valence-corrected chi connectivity index (χ2v) is 4.74. The predicted octanol–water partition coefficient (Wildman–Crippen LogP) is 4.07. The minimum atomic E-state index is 0.0901.